The fraction of sp³-hybridized carbons (Fsp3) is 0.333. The van der Waals surface area contributed by atoms with Crippen LogP contribution in [-0.4, -0.2) is 12.4 Å². The van der Waals surface area contributed by atoms with Gasteiger partial charge in [-0.2, -0.15) is 0 Å². The molecular weight excluding hydrogens is 330 g/mol. The smallest absolute Gasteiger partial charge is 0.241 e. The third-order valence-electron chi connectivity index (χ3n) is 5.47. The van der Waals surface area contributed by atoms with Crippen molar-refractivity contribution in [3.63, 3.8) is 0 Å². The second-order valence-electron chi connectivity index (χ2n) is 6.94. The highest BCUT2D eigenvalue weighted by molar-refractivity contribution is 7.90. The van der Waals surface area contributed by atoms with Crippen LogP contribution < -0.4 is 0 Å². The molecule has 132 valence electrons. The molecule has 2 aromatic carbocycles. The molecule has 0 radical (unpaired) electrons. The summed E-state index contributed by atoms with van der Waals surface area (Å²) in [6.45, 7) is 8.47. The number of aryl methyl sites for hydroxylation is 1. The molecule has 1 aromatic heterocycles. The quantitative estimate of drug-likeness (QED) is 0.626. The molecule has 1 heterocycles. The first kappa shape index (κ1) is 17.7. The largest absolute Gasteiger partial charge is 0.268 e. The molecule has 0 fully saturated rings. The second kappa shape index (κ2) is 6.34. The van der Waals surface area contributed by atoms with Crippen molar-refractivity contribution in [3.8, 4) is 0 Å². The number of rotatable bonds is 5. The average Bonchev–Trinajstić information content (AvgIpc) is 3.02. The second-order valence-corrected chi connectivity index (χ2v) is 8.76. The zero-order valence-electron chi connectivity index (χ0n) is 15.3. The molecule has 0 spiro atoms. The van der Waals surface area contributed by atoms with Gasteiger partial charge in [0.15, 0.2) is 0 Å². The van der Waals surface area contributed by atoms with Crippen LogP contribution in [0.5, 0.6) is 0 Å². The molecule has 0 aliphatic carbocycles. The molecule has 4 heteroatoms. The van der Waals surface area contributed by atoms with Gasteiger partial charge in [0.1, 0.15) is 0 Å². The fourth-order valence-corrected chi connectivity index (χ4v) is 4.65. The van der Waals surface area contributed by atoms with Crippen molar-refractivity contribution in [3.05, 3.63) is 65.9 Å². The molecule has 3 rings (SSSR count). The van der Waals surface area contributed by atoms with Crippen LogP contribution >= 0.6 is 0 Å². The molecular formula is C21H25NO2S. The lowest BCUT2D eigenvalue weighted by atomic mass is 9.78. The van der Waals surface area contributed by atoms with E-state index in [1.165, 1.54) is 3.97 Å². The van der Waals surface area contributed by atoms with E-state index in [1.54, 1.807) is 12.1 Å². The average molecular weight is 356 g/mol. The van der Waals surface area contributed by atoms with Gasteiger partial charge in [-0.15, -0.1) is 0 Å². The number of fused-ring (bicyclic) bond motifs is 1. The minimum absolute atomic E-state index is 0.0480. The Bertz CT molecular complexity index is 994. The van der Waals surface area contributed by atoms with E-state index in [4.69, 9.17) is 0 Å². The summed E-state index contributed by atoms with van der Waals surface area (Å²) in [7, 11) is -3.62. The normalized spacial score (nSPS) is 12.6. The van der Waals surface area contributed by atoms with Crippen LogP contribution in [0.25, 0.3) is 10.9 Å². The molecule has 25 heavy (non-hydrogen) atoms. The van der Waals surface area contributed by atoms with Crippen molar-refractivity contribution < 1.29 is 8.42 Å². The molecule has 0 aliphatic rings. The van der Waals surface area contributed by atoms with Crippen LogP contribution in [0.3, 0.4) is 0 Å². The number of para-hydroxylation sites is 1. The van der Waals surface area contributed by atoms with Crippen LogP contribution in [0.1, 0.15) is 44.7 Å². The highest BCUT2D eigenvalue weighted by atomic mass is 32.2. The van der Waals surface area contributed by atoms with Crippen LogP contribution in [0.4, 0.5) is 0 Å². The summed E-state index contributed by atoms with van der Waals surface area (Å²) in [5.74, 6) is 0. The third kappa shape index (κ3) is 2.89. The van der Waals surface area contributed by atoms with Crippen LogP contribution in [-0.2, 0) is 15.4 Å². The van der Waals surface area contributed by atoms with E-state index in [0.29, 0.717) is 4.90 Å². The van der Waals surface area contributed by atoms with Crippen molar-refractivity contribution in [2.75, 3.05) is 0 Å². The fourth-order valence-electron chi connectivity index (χ4n) is 3.28. The first-order chi connectivity index (χ1) is 11.8. The molecule has 0 aliphatic heterocycles. The zero-order valence-corrected chi connectivity index (χ0v) is 16.1. The Hall–Kier alpha value is -2.07. The highest BCUT2D eigenvalue weighted by Crippen LogP contribution is 2.38. The van der Waals surface area contributed by atoms with Crippen LogP contribution in [0.2, 0.25) is 0 Å². The van der Waals surface area contributed by atoms with Gasteiger partial charge < -0.3 is 0 Å². The SMILES string of the molecule is CCC(C)(CC)c1cn(S(=O)(=O)c2ccc(C)cc2)c2ccccc12. The van der Waals surface area contributed by atoms with Gasteiger partial charge >= 0.3 is 0 Å². The third-order valence-corrected chi connectivity index (χ3v) is 7.15. The number of hydrogen-bond donors (Lipinski definition) is 0. The Morgan fingerprint density at radius 2 is 1.56 bits per heavy atom. The summed E-state index contributed by atoms with van der Waals surface area (Å²) in [6, 6.07) is 14.8. The topological polar surface area (TPSA) is 39.1 Å². The Labute approximate surface area is 150 Å². The maximum absolute atomic E-state index is 13.2. The van der Waals surface area contributed by atoms with Gasteiger partial charge in [0.25, 0.3) is 10.0 Å². The highest BCUT2D eigenvalue weighted by Gasteiger charge is 2.29. The summed E-state index contributed by atoms with van der Waals surface area (Å²) in [4.78, 5) is 0.320. The molecule has 0 bridgehead atoms. The maximum atomic E-state index is 13.2. The van der Waals surface area contributed by atoms with E-state index in [1.807, 2.05) is 49.5 Å². The molecule has 0 saturated carbocycles. The predicted octanol–water partition coefficient (Wildman–Crippen LogP) is 5.26. The Balaban J connectivity index is 2.29. The summed E-state index contributed by atoms with van der Waals surface area (Å²) in [6.07, 6.45) is 3.75. The summed E-state index contributed by atoms with van der Waals surface area (Å²) < 4.78 is 27.9. The lowest BCUT2D eigenvalue weighted by Crippen LogP contribution is -2.19. The predicted molar refractivity (Wildman–Crippen MR) is 104 cm³/mol. The monoisotopic (exact) mass is 355 g/mol. The Morgan fingerprint density at radius 3 is 2.16 bits per heavy atom. The lowest BCUT2D eigenvalue weighted by molar-refractivity contribution is 0.442. The van der Waals surface area contributed by atoms with Crippen molar-refractivity contribution >= 4 is 20.9 Å². The van der Waals surface area contributed by atoms with Crippen molar-refractivity contribution in [1.82, 2.24) is 3.97 Å². The van der Waals surface area contributed by atoms with Crippen LogP contribution in [0.15, 0.2) is 59.6 Å². The number of nitrogens with zero attached hydrogens (tertiary/aromatic N) is 1. The van der Waals surface area contributed by atoms with E-state index in [2.05, 4.69) is 20.8 Å². The van der Waals surface area contributed by atoms with Gasteiger partial charge in [-0.05, 0) is 48.9 Å². The van der Waals surface area contributed by atoms with Gasteiger partial charge in [-0.1, -0.05) is 56.7 Å². The van der Waals surface area contributed by atoms with E-state index in [-0.39, 0.29) is 5.41 Å². The van der Waals surface area contributed by atoms with Crippen molar-refractivity contribution in [1.29, 1.82) is 0 Å². The molecule has 0 N–H and O–H groups in total. The van der Waals surface area contributed by atoms with E-state index in [0.717, 1.165) is 34.9 Å². The molecule has 3 aromatic rings. The minimum atomic E-state index is -3.62. The summed E-state index contributed by atoms with van der Waals surface area (Å²) in [5.41, 5.74) is 2.84. The number of aromatic nitrogens is 1. The van der Waals surface area contributed by atoms with E-state index >= 15 is 0 Å². The minimum Gasteiger partial charge on any atom is -0.241 e. The summed E-state index contributed by atoms with van der Waals surface area (Å²) in [5, 5.41) is 1.02. The van der Waals surface area contributed by atoms with E-state index < -0.39 is 10.0 Å². The maximum Gasteiger partial charge on any atom is 0.268 e. The first-order valence-corrected chi connectivity index (χ1v) is 10.2. The van der Waals surface area contributed by atoms with Gasteiger partial charge in [-0.3, -0.25) is 0 Å². The molecule has 0 saturated heterocycles. The molecule has 0 unspecified atom stereocenters. The van der Waals surface area contributed by atoms with E-state index in [9.17, 15) is 8.42 Å². The number of benzene rings is 2. The standard InChI is InChI=1S/C21H25NO2S/c1-5-21(4,6-2)19-15-22(20-10-8-7-9-18(19)20)25(23,24)17-13-11-16(3)12-14-17/h7-15H,5-6H2,1-4H3. The van der Waals surface area contributed by atoms with Gasteiger partial charge in [0.2, 0.25) is 0 Å². The lowest BCUT2D eigenvalue weighted by Gasteiger charge is -2.26. The Kier molecular flexibility index (Phi) is 4.50. The first-order valence-electron chi connectivity index (χ1n) is 8.76. The van der Waals surface area contributed by atoms with Gasteiger partial charge in [0.05, 0.1) is 10.4 Å². The molecule has 0 atom stereocenters. The van der Waals surface area contributed by atoms with Gasteiger partial charge in [0, 0.05) is 11.6 Å². The van der Waals surface area contributed by atoms with Gasteiger partial charge in [-0.25, -0.2) is 12.4 Å². The summed E-state index contributed by atoms with van der Waals surface area (Å²) >= 11 is 0. The van der Waals surface area contributed by atoms with Crippen molar-refractivity contribution in [2.45, 2.75) is 50.8 Å². The zero-order chi connectivity index (χ0) is 18.2. The molecule has 3 nitrogen and oxygen atoms in total. The van der Waals surface area contributed by atoms with Crippen LogP contribution in [0, 0.1) is 6.92 Å². The Morgan fingerprint density at radius 1 is 0.960 bits per heavy atom. The van der Waals surface area contributed by atoms with Crippen molar-refractivity contribution in [2.24, 2.45) is 0 Å². The molecule has 0 amide bonds. The number of hydrogen-bond acceptors (Lipinski definition) is 2.